The number of rotatable bonds is 7. The Morgan fingerprint density at radius 1 is 0.649 bits per heavy atom. The number of aryl methyl sites for hydroxylation is 1. The summed E-state index contributed by atoms with van der Waals surface area (Å²) >= 11 is 0. The summed E-state index contributed by atoms with van der Waals surface area (Å²) in [5, 5.41) is 12.0. The average molecular weight is 493 g/mol. The highest BCUT2D eigenvalue weighted by Gasteiger charge is 2.47. The summed E-state index contributed by atoms with van der Waals surface area (Å²) < 4.78 is 0. The van der Waals surface area contributed by atoms with Crippen LogP contribution in [0.5, 0.6) is 0 Å². The number of hydrogen-bond donors (Lipinski definition) is 3. The molecule has 5 N–H and O–H groups in total. The second kappa shape index (κ2) is 10.8. The summed E-state index contributed by atoms with van der Waals surface area (Å²) in [6, 6.07) is 33.5. The van der Waals surface area contributed by atoms with E-state index in [1.165, 1.54) is 0 Å². The van der Waals surface area contributed by atoms with Crippen molar-refractivity contribution in [1.82, 2.24) is 0 Å². The predicted molar refractivity (Wildman–Crippen MR) is 151 cm³/mol. The highest BCUT2D eigenvalue weighted by molar-refractivity contribution is 6.06. The molecule has 0 spiro atoms. The van der Waals surface area contributed by atoms with Crippen LogP contribution >= 0.6 is 0 Å². The van der Waals surface area contributed by atoms with Crippen LogP contribution in [-0.2, 0) is 12.8 Å². The first-order chi connectivity index (χ1) is 18.0. The second-order valence-corrected chi connectivity index (χ2v) is 9.55. The Balaban J connectivity index is 1.59. The van der Waals surface area contributed by atoms with Crippen molar-refractivity contribution >= 4 is 28.8 Å². The number of nitrogens with two attached hydrogens (primary N) is 2. The summed E-state index contributed by atoms with van der Waals surface area (Å²) in [5.74, 6) is 0. The van der Waals surface area contributed by atoms with Gasteiger partial charge in [0.05, 0.1) is 18.2 Å². The monoisotopic (exact) mass is 492 g/mol. The first kappa shape index (κ1) is 24.4. The van der Waals surface area contributed by atoms with Crippen molar-refractivity contribution in [2.24, 2.45) is 0 Å². The molecule has 3 atom stereocenters. The van der Waals surface area contributed by atoms with Crippen LogP contribution < -0.4 is 21.3 Å². The summed E-state index contributed by atoms with van der Waals surface area (Å²) in [6.45, 7) is 0. The molecule has 37 heavy (non-hydrogen) atoms. The van der Waals surface area contributed by atoms with Crippen molar-refractivity contribution < 1.29 is 9.90 Å². The normalized spacial score (nSPS) is 19.7. The van der Waals surface area contributed by atoms with Crippen LogP contribution in [0.2, 0.25) is 0 Å². The molecular weight excluding hydrogens is 460 g/mol. The van der Waals surface area contributed by atoms with Crippen molar-refractivity contribution in [1.29, 1.82) is 0 Å². The molecule has 188 valence electrons. The second-order valence-electron chi connectivity index (χ2n) is 9.55. The zero-order chi connectivity index (χ0) is 25.8. The van der Waals surface area contributed by atoms with E-state index in [1.54, 1.807) is 34.1 Å². The number of carbonyl (C=O) groups excluding carboxylic acids is 1. The summed E-state index contributed by atoms with van der Waals surface area (Å²) in [4.78, 5) is 17.8. The van der Waals surface area contributed by atoms with Gasteiger partial charge in [-0.25, -0.2) is 4.79 Å². The van der Waals surface area contributed by atoms with Gasteiger partial charge in [0.15, 0.2) is 0 Å². The quantitative estimate of drug-likeness (QED) is 0.306. The van der Waals surface area contributed by atoms with E-state index in [1.807, 2.05) is 72.8 Å². The van der Waals surface area contributed by atoms with Gasteiger partial charge in [-0.15, -0.1) is 0 Å². The Hall–Kier alpha value is -4.29. The van der Waals surface area contributed by atoms with Crippen LogP contribution in [0.3, 0.4) is 0 Å². The Bertz CT molecular complexity index is 1350. The Kier molecular flexibility index (Phi) is 7.10. The third-order valence-electron chi connectivity index (χ3n) is 7.02. The number of aliphatic hydroxyl groups is 1. The van der Waals surface area contributed by atoms with Crippen molar-refractivity contribution in [3.05, 3.63) is 120 Å². The predicted octanol–water partition coefficient (Wildman–Crippen LogP) is 5.27. The minimum atomic E-state index is -0.829. The lowest BCUT2D eigenvalue weighted by Gasteiger charge is -2.49. The fraction of sp³-hybridized carbons (Fsp3) is 0.194. The largest absolute Gasteiger partial charge is 0.399 e. The van der Waals surface area contributed by atoms with Gasteiger partial charge < -0.3 is 16.6 Å². The molecule has 0 saturated carbocycles. The number of nitrogens with zero attached hydrogens (tertiary/aromatic N) is 2. The molecule has 0 radical (unpaired) electrons. The van der Waals surface area contributed by atoms with Gasteiger partial charge in [0.1, 0.15) is 0 Å². The molecule has 6 nitrogen and oxygen atoms in total. The zero-order valence-electron chi connectivity index (χ0n) is 20.7. The third-order valence-corrected chi connectivity index (χ3v) is 7.02. The molecule has 6 heteroatoms. The number of benzene rings is 4. The smallest absolute Gasteiger partial charge is 0.329 e. The minimum Gasteiger partial charge on any atom is -0.399 e. The van der Waals surface area contributed by atoms with Crippen LogP contribution in [0.25, 0.3) is 0 Å². The van der Waals surface area contributed by atoms with Gasteiger partial charge in [-0.3, -0.25) is 9.80 Å². The first-order valence-corrected chi connectivity index (χ1v) is 12.6. The van der Waals surface area contributed by atoms with Gasteiger partial charge in [-0.2, -0.15) is 0 Å². The first-order valence-electron chi connectivity index (χ1n) is 12.6. The van der Waals surface area contributed by atoms with Crippen molar-refractivity contribution in [3.63, 3.8) is 0 Å². The van der Waals surface area contributed by atoms with E-state index in [9.17, 15) is 9.90 Å². The molecule has 0 aromatic heterocycles. The topological polar surface area (TPSA) is 95.8 Å². The van der Waals surface area contributed by atoms with Crippen molar-refractivity contribution in [3.8, 4) is 0 Å². The van der Waals surface area contributed by atoms with Crippen LogP contribution in [0.1, 0.15) is 17.5 Å². The molecular formula is C31H32N4O2. The highest BCUT2D eigenvalue weighted by Crippen LogP contribution is 2.36. The summed E-state index contributed by atoms with van der Waals surface area (Å²) in [6.07, 6.45) is 1.01. The van der Waals surface area contributed by atoms with Gasteiger partial charge in [0, 0.05) is 22.7 Å². The van der Waals surface area contributed by atoms with Gasteiger partial charge in [-0.1, -0.05) is 72.8 Å². The molecule has 2 amide bonds. The van der Waals surface area contributed by atoms with Crippen LogP contribution in [0.15, 0.2) is 109 Å². The maximum Gasteiger partial charge on any atom is 0.329 e. The number of carbonyl (C=O) groups is 1. The number of nitrogen functional groups attached to an aromatic ring is 2. The number of aliphatic hydroxyl groups excluding tert-OH is 1. The molecule has 1 aliphatic heterocycles. The number of urea groups is 1. The number of anilines is 4. The van der Waals surface area contributed by atoms with Gasteiger partial charge in [0.2, 0.25) is 0 Å². The molecule has 0 unspecified atom stereocenters. The Labute approximate surface area is 217 Å². The molecule has 4 aromatic carbocycles. The molecule has 4 aromatic rings. The lowest BCUT2D eigenvalue weighted by atomic mass is 9.87. The lowest BCUT2D eigenvalue weighted by molar-refractivity contribution is 0.0958. The van der Waals surface area contributed by atoms with E-state index in [0.29, 0.717) is 35.6 Å². The average Bonchev–Trinajstić information content (AvgIpc) is 2.91. The molecule has 1 saturated heterocycles. The molecule has 1 aliphatic rings. The fourth-order valence-electron chi connectivity index (χ4n) is 5.24. The van der Waals surface area contributed by atoms with Gasteiger partial charge in [0.25, 0.3) is 0 Å². The zero-order valence-corrected chi connectivity index (χ0v) is 20.7. The molecule has 1 heterocycles. The van der Waals surface area contributed by atoms with E-state index in [0.717, 1.165) is 17.5 Å². The fourth-order valence-corrected chi connectivity index (χ4v) is 5.24. The molecule has 5 rings (SSSR count). The van der Waals surface area contributed by atoms with Gasteiger partial charge >= 0.3 is 6.03 Å². The summed E-state index contributed by atoms with van der Waals surface area (Å²) in [5.41, 5.74) is 16.9. The van der Waals surface area contributed by atoms with Crippen LogP contribution in [0.4, 0.5) is 27.5 Å². The lowest BCUT2D eigenvalue weighted by Crippen LogP contribution is -2.67. The van der Waals surface area contributed by atoms with Crippen LogP contribution in [-0.4, -0.2) is 29.3 Å². The highest BCUT2D eigenvalue weighted by atomic mass is 16.3. The number of hydrogen-bond acceptors (Lipinski definition) is 4. The Morgan fingerprint density at radius 3 is 1.70 bits per heavy atom. The van der Waals surface area contributed by atoms with Crippen LogP contribution in [0, 0.1) is 0 Å². The third kappa shape index (κ3) is 5.29. The van der Waals surface area contributed by atoms with Gasteiger partial charge in [-0.05, 0) is 66.8 Å². The molecule has 0 aliphatic carbocycles. The molecule has 0 bridgehead atoms. The van der Waals surface area contributed by atoms with Crippen molar-refractivity contribution in [2.75, 3.05) is 21.3 Å². The van der Waals surface area contributed by atoms with E-state index < -0.39 is 18.2 Å². The maximum absolute atomic E-state index is 14.4. The SMILES string of the molecule is Nc1cccc(N2C(=O)N(c3cccc(N)c3)[C@@H](Cc3ccccc3)[C@@H](O)[C@@H]2CCc2ccccc2)c1. The maximum atomic E-state index is 14.4. The number of amides is 2. The molecule has 1 fully saturated rings. The minimum absolute atomic E-state index is 0.208. The van der Waals surface area contributed by atoms with E-state index >= 15 is 0 Å². The summed E-state index contributed by atoms with van der Waals surface area (Å²) in [7, 11) is 0. The Morgan fingerprint density at radius 2 is 1.16 bits per heavy atom. The van der Waals surface area contributed by atoms with Crippen molar-refractivity contribution in [2.45, 2.75) is 37.5 Å². The van der Waals surface area contributed by atoms with E-state index in [2.05, 4.69) is 12.1 Å². The van der Waals surface area contributed by atoms with E-state index in [-0.39, 0.29) is 6.03 Å². The van der Waals surface area contributed by atoms with E-state index in [4.69, 9.17) is 11.5 Å². The standard InChI is InChI=1S/C31H32N4O2/c32-24-13-7-15-26(20-24)34-28(18-17-22-9-3-1-4-10-22)30(36)29(19-23-11-5-2-6-12-23)35(31(34)37)27-16-8-14-25(33)21-27/h1-16,20-21,28-30,36H,17-19,32-33H2/t28-,29-,30-/m0/s1.